The van der Waals surface area contributed by atoms with E-state index >= 15 is 0 Å². The van der Waals surface area contributed by atoms with Crippen molar-refractivity contribution in [1.82, 2.24) is 4.98 Å². The standard InChI is InChI=1S/C10H7Br2N/c1-6-2-3-7-4-5-8(11)13-10(7)9(6)12/h2-5H,1H3. The summed E-state index contributed by atoms with van der Waals surface area (Å²) >= 11 is 6.89. The van der Waals surface area contributed by atoms with Crippen LogP contribution < -0.4 is 0 Å². The van der Waals surface area contributed by atoms with Gasteiger partial charge in [0.05, 0.1) is 5.52 Å². The number of pyridine rings is 1. The van der Waals surface area contributed by atoms with Crippen molar-refractivity contribution < 1.29 is 0 Å². The third-order valence-corrected chi connectivity index (χ3v) is 3.40. The van der Waals surface area contributed by atoms with E-state index in [4.69, 9.17) is 0 Å². The Balaban J connectivity index is 2.89. The molecule has 0 fully saturated rings. The summed E-state index contributed by atoms with van der Waals surface area (Å²) in [6.45, 7) is 2.06. The maximum absolute atomic E-state index is 4.41. The Morgan fingerprint density at radius 3 is 2.54 bits per heavy atom. The second-order valence-corrected chi connectivity index (χ2v) is 4.51. The topological polar surface area (TPSA) is 12.9 Å². The van der Waals surface area contributed by atoms with Crippen molar-refractivity contribution in [3.05, 3.63) is 38.9 Å². The Bertz CT molecular complexity index is 460. The van der Waals surface area contributed by atoms with Crippen LogP contribution in [0.15, 0.2) is 33.3 Å². The van der Waals surface area contributed by atoms with Gasteiger partial charge in [-0.25, -0.2) is 4.98 Å². The number of rotatable bonds is 0. The quantitative estimate of drug-likeness (QED) is 0.668. The van der Waals surface area contributed by atoms with Crippen LogP contribution in [-0.2, 0) is 0 Å². The van der Waals surface area contributed by atoms with Gasteiger partial charge in [-0.2, -0.15) is 0 Å². The normalized spacial score (nSPS) is 10.7. The summed E-state index contributed by atoms with van der Waals surface area (Å²) in [6, 6.07) is 8.16. The summed E-state index contributed by atoms with van der Waals surface area (Å²) < 4.78 is 1.94. The molecule has 2 rings (SSSR count). The number of benzene rings is 1. The number of hydrogen-bond donors (Lipinski definition) is 0. The van der Waals surface area contributed by atoms with Crippen LogP contribution in [0.2, 0.25) is 0 Å². The Morgan fingerprint density at radius 1 is 1.08 bits per heavy atom. The van der Waals surface area contributed by atoms with E-state index in [0.717, 1.165) is 20.0 Å². The predicted molar refractivity (Wildman–Crippen MR) is 61.9 cm³/mol. The highest BCUT2D eigenvalue weighted by atomic mass is 79.9. The molecule has 1 nitrogen and oxygen atoms in total. The zero-order valence-electron chi connectivity index (χ0n) is 7.01. The SMILES string of the molecule is Cc1ccc2ccc(Br)nc2c1Br. The first kappa shape index (κ1) is 9.16. The van der Waals surface area contributed by atoms with E-state index in [-0.39, 0.29) is 0 Å². The summed E-state index contributed by atoms with van der Waals surface area (Å²) in [5, 5.41) is 1.15. The zero-order valence-corrected chi connectivity index (χ0v) is 10.2. The number of aryl methyl sites for hydroxylation is 1. The first-order valence-corrected chi connectivity index (χ1v) is 5.48. The van der Waals surface area contributed by atoms with E-state index in [1.54, 1.807) is 0 Å². The smallest absolute Gasteiger partial charge is 0.106 e. The van der Waals surface area contributed by atoms with Gasteiger partial charge < -0.3 is 0 Å². The Labute approximate surface area is 93.4 Å². The van der Waals surface area contributed by atoms with Gasteiger partial charge in [0.25, 0.3) is 0 Å². The van der Waals surface area contributed by atoms with Crippen LogP contribution in [0, 0.1) is 6.92 Å². The van der Waals surface area contributed by atoms with Gasteiger partial charge in [0.1, 0.15) is 4.60 Å². The number of aromatic nitrogens is 1. The van der Waals surface area contributed by atoms with Crippen molar-refractivity contribution in [3.8, 4) is 0 Å². The van der Waals surface area contributed by atoms with Crippen molar-refractivity contribution in [3.63, 3.8) is 0 Å². The van der Waals surface area contributed by atoms with E-state index in [1.807, 2.05) is 6.07 Å². The lowest BCUT2D eigenvalue weighted by Crippen LogP contribution is -1.84. The van der Waals surface area contributed by atoms with Crippen LogP contribution in [0.25, 0.3) is 10.9 Å². The molecule has 1 aromatic heterocycles. The highest BCUT2D eigenvalue weighted by molar-refractivity contribution is 9.11. The Kier molecular flexibility index (Phi) is 2.39. The van der Waals surface area contributed by atoms with Gasteiger partial charge in [0.2, 0.25) is 0 Å². The molecule has 0 N–H and O–H groups in total. The predicted octanol–water partition coefficient (Wildman–Crippen LogP) is 4.07. The van der Waals surface area contributed by atoms with Crippen LogP contribution >= 0.6 is 31.9 Å². The molecule has 0 aliphatic rings. The maximum atomic E-state index is 4.41. The number of hydrogen-bond acceptors (Lipinski definition) is 1. The van der Waals surface area contributed by atoms with Gasteiger partial charge in [0.15, 0.2) is 0 Å². The molecule has 0 aliphatic carbocycles. The van der Waals surface area contributed by atoms with Crippen LogP contribution in [0.4, 0.5) is 0 Å². The minimum absolute atomic E-state index is 0.867. The first-order chi connectivity index (χ1) is 6.18. The molecule has 0 bridgehead atoms. The average Bonchev–Trinajstić information content (AvgIpc) is 2.12. The summed E-state index contributed by atoms with van der Waals surface area (Å²) in [7, 11) is 0. The number of halogens is 2. The number of nitrogens with zero attached hydrogens (tertiary/aromatic N) is 1. The van der Waals surface area contributed by atoms with Crippen LogP contribution in [0.1, 0.15) is 5.56 Å². The minimum Gasteiger partial charge on any atom is -0.240 e. The van der Waals surface area contributed by atoms with E-state index in [2.05, 4.69) is 62.0 Å². The van der Waals surface area contributed by atoms with Crippen molar-refractivity contribution in [2.75, 3.05) is 0 Å². The molecule has 3 heteroatoms. The molecule has 66 valence electrons. The molecule has 13 heavy (non-hydrogen) atoms. The van der Waals surface area contributed by atoms with Crippen molar-refractivity contribution in [2.24, 2.45) is 0 Å². The Morgan fingerprint density at radius 2 is 1.77 bits per heavy atom. The summed E-state index contributed by atoms with van der Waals surface area (Å²) in [6.07, 6.45) is 0. The van der Waals surface area contributed by atoms with Crippen molar-refractivity contribution in [1.29, 1.82) is 0 Å². The molecular formula is C10H7Br2N. The number of fused-ring (bicyclic) bond motifs is 1. The van der Waals surface area contributed by atoms with Crippen molar-refractivity contribution in [2.45, 2.75) is 6.92 Å². The van der Waals surface area contributed by atoms with Gasteiger partial charge >= 0.3 is 0 Å². The molecular weight excluding hydrogens is 294 g/mol. The van der Waals surface area contributed by atoms with Gasteiger partial charge in [0, 0.05) is 9.86 Å². The lowest BCUT2D eigenvalue weighted by Gasteiger charge is -2.03. The van der Waals surface area contributed by atoms with E-state index < -0.39 is 0 Å². The molecule has 1 aromatic carbocycles. The lowest BCUT2D eigenvalue weighted by atomic mass is 10.1. The van der Waals surface area contributed by atoms with Crippen molar-refractivity contribution >= 4 is 42.8 Å². The molecule has 0 radical (unpaired) electrons. The molecule has 0 amide bonds. The molecule has 0 spiro atoms. The average molecular weight is 301 g/mol. The van der Waals surface area contributed by atoms with Crippen LogP contribution in [0.5, 0.6) is 0 Å². The van der Waals surface area contributed by atoms with Gasteiger partial charge in [-0.1, -0.05) is 18.2 Å². The highest BCUT2D eigenvalue weighted by Crippen LogP contribution is 2.26. The largest absolute Gasteiger partial charge is 0.240 e. The third-order valence-electron chi connectivity index (χ3n) is 1.96. The monoisotopic (exact) mass is 299 g/mol. The second-order valence-electron chi connectivity index (χ2n) is 2.90. The van der Waals surface area contributed by atoms with E-state index in [9.17, 15) is 0 Å². The third kappa shape index (κ3) is 1.63. The summed E-state index contributed by atoms with van der Waals surface area (Å²) in [5.74, 6) is 0. The molecule has 0 unspecified atom stereocenters. The van der Waals surface area contributed by atoms with Gasteiger partial charge in [-0.05, 0) is 50.4 Å². The van der Waals surface area contributed by atoms with Gasteiger partial charge in [-0.3, -0.25) is 0 Å². The fourth-order valence-corrected chi connectivity index (χ4v) is 1.99. The molecule has 0 aliphatic heterocycles. The molecule has 0 saturated carbocycles. The summed E-state index contributed by atoms with van der Waals surface area (Å²) in [5.41, 5.74) is 2.22. The first-order valence-electron chi connectivity index (χ1n) is 3.90. The van der Waals surface area contributed by atoms with Gasteiger partial charge in [-0.15, -0.1) is 0 Å². The molecule has 0 saturated heterocycles. The zero-order chi connectivity index (χ0) is 9.42. The molecule has 1 heterocycles. The molecule has 0 atom stereocenters. The minimum atomic E-state index is 0.867. The fraction of sp³-hybridized carbons (Fsp3) is 0.100. The maximum Gasteiger partial charge on any atom is 0.106 e. The van der Waals surface area contributed by atoms with E-state index in [0.29, 0.717) is 0 Å². The summed E-state index contributed by atoms with van der Waals surface area (Å²) in [4.78, 5) is 4.41. The lowest BCUT2D eigenvalue weighted by molar-refractivity contribution is 1.32. The Hall–Kier alpha value is -0.410. The second kappa shape index (κ2) is 3.39. The van der Waals surface area contributed by atoms with Crippen LogP contribution in [0.3, 0.4) is 0 Å². The molecule has 2 aromatic rings. The highest BCUT2D eigenvalue weighted by Gasteiger charge is 2.02. The van der Waals surface area contributed by atoms with Crippen LogP contribution in [-0.4, -0.2) is 4.98 Å². The van der Waals surface area contributed by atoms with E-state index in [1.165, 1.54) is 5.56 Å². The fourth-order valence-electron chi connectivity index (χ4n) is 1.23.